The predicted octanol–water partition coefficient (Wildman–Crippen LogP) is -1.51. The standard InChI is InChI=1S/C4H9NO4S.Na.H/c5-4(6)2-1-3-10(7,8)9;;/h1-3H2,(H2,5,6)(H,7,8,9);;. The molecule has 11 heavy (non-hydrogen) atoms. The summed E-state index contributed by atoms with van der Waals surface area (Å²) >= 11 is 0. The maximum atomic E-state index is 10.0. The first-order valence-electron chi connectivity index (χ1n) is 2.65. The van der Waals surface area contributed by atoms with Gasteiger partial charge < -0.3 is 5.73 Å². The fourth-order valence-electron chi connectivity index (χ4n) is 0.429. The molecular weight excluding hydrogens is 181 g/mol. The van der Waals surface area contributed by atoms with E-state index in [1.807, 2.05) is 0 Å². The van der Waals surface area contributed by atoms with E-state index in [2.05, 4.69) is 0 Å². The number of rotatable bonds is 4. The first-order chi connectivity index (χ1) is 4.42. The summed E-state index contributed by atoms with van der Waals surface area (Å²) in [5.74, 6) is -0.973. The van der Waals surface area contributed by atoms with Gasteiger partial charge in [-0.25, -0.2) is 0 Å². The van der Waals surface area contributed by atoms with Crippen LogP contribution in [-0.4, -0.2) is 54.2 Å². The Morgan fingerprint density at radius 2 is 1.91 bits per heavy atom. The third kappa shape index (κ3) is 13.4. The average molecular weight is 191 g/mol. The van der Waals surface area contributed by atoms with Crippen molar-refractivity contribution in [3.05, 3.63) is 0 Å². The topological polar surface area (TPSA) is 97.5 Å². The van der Waals surface area contributed by atoms with Gasteiger partial charge in [0.05, 0.1) is 5.75 Å². The summed E-state index contributed by atoms with van der Waals surface area (Å²) in [6, 6.07) is 0. The molecule has 0 aromatic rings. The van der Waals surface area contributed by atoms with Crippen molar-refractivity contribution in [2.45, 2.75) is 12.8 Å². The number of primary amides is 1. The van der Waals surface area contributed by atoms with Crippen LogP contribution in [0.3, 0.4) is 0 Å². The van der Waals surface area contributed by atoms with Gasteiger partial charge in [0.25, 0.3) is 10.1 Å². The van der Waals surface area contributed by atoms with Crippen molar-refractivity contribution < 1.29 is 17.8 Å². The average Bonchev–Trinajstić information content (AvgIpc) is 1.59. The van der Waals surface area contributed by atoms with Crippen LogP contribution in [0.5, 0.6) is 0 Å². The van der Waals surface area contributed by atoms with E-state index in [1.54, 1.807) is 0 Å². The summed E-state index contributed by atoms with van der Waals surface area (Å²) in [5.41, 5.74) is 4.71. The predicted molar refractivity (Wildman–Crippen MR) is 42.0 cm³/mol. The van der Waals surface area contributed by atoms with Crippen molar-refractivity contribution in [3.63, 3.8) is 0 Å². The molecule has 0 aromatic heterocycles. The molecule has 3 N–H and O–H groups in total. The fourth-order valence-corrected chi connectivity index (χ4v) is 0.938. The first kappa shape index (κ1) is 13.9. The molecule has 0 atom stereocenters. The van der Waals surface area contributed by atoms with Gasteiger partial charge in [0.2, 0.25) is 5.91 Å². The Kier molecular flexibility index (Phi) is 7.55. The van der Waals surface area contributed by atoms with Gasteiger partial charge in [-0.3, -0.25) is 9.35 Å². The van der Waals surface area contributed by atoms with Crippen LogP contribution in [0.2, 0.25) is 0 Å². The number of hydrogen-bond donors (Lipinski definition) is 2. The normalized spacial score (nSPS) is 10.3. The van der Waals surface area contributed by atoms with Crippen molar-refractivity contribution in [2.24, 2.45) is 5.73 Å². The number of carbonyl (C=O) groups is 1. The Balaban J connectivity index is 0. The summed E-state index contributed by atoms with van der Waals surface area (Å²) in [7, 11) is -3.93. The minimum atomic E-state index is -3.93. The van der Waals surface area contributed by atoms with Crippen molar-refractivity contribution in [1.29, 1.82) is 0 Å². The second kappa shape index (κ2) is 5.96. The van der Waals surface area contributed by atoms with Crippen LogP contribution in [0.25, 0.3) is 0 Å². The molecule has 0 unspecified atom stereocenters. The third-order valence-corrected chi connectivity index (χ3v) is 1.63. The quantitative estimate of drug-likeness (QED) is 0.417. The van der Waals surface area contributed by atoms with E-state index in [1.165, 1.54) is 0 Å². The van der Waals surface area contributed by atoms with E-state index in [4.69, 9.17) is 10.3 Å². The molecule has 0 fully saturated rings. The van der Waals surface area contributed by atoms with Crippen LogP contribution >= 0.6 is 0 Å². The van der Waals surface area contributed by atoms with Crippen LogP contribution in [0.4, 0.5) is 0 Å². The second-order valence-corrected chi connectivity index (χ2v) is 3.43. The molecule has 0 heterocycles. The molecule has 0 spiro atoms. The van der Waals surface area contributed by atoms with Crippen LogP contribution in [0.15, 0.2) is 0 Å². The van der Waals surface area contributed by atoms with Crippen molar-refractivity contribution >= 4 is 45.6 Å². The zero-order valence-corrected chi connectivity index (χ0v) is 6.10. The van der Waals surface area contributed by atoms with E-state index in [0.717, 1.165) is 0 Å². The number of hydrogen-bond acceptors (Lipinski definition) is 3. The second-order valence-electron chi connectivity index (χ2n) is 1.86. The molecule has 0 aromatic carbocycles. The molecule has 0 saturated heterocycles. The summed E-state index contributed by atoms with van der Waals surface area (Å²) in [5, 5.41) is 0. The summed E-state index contributed by atoms with van der Waals surface area (Å²) < 4.78 is 28.2. The third-order valence-electron chi connectivity index (χ3n) is 0.825. The molecule has 7 heteroatoms. The van der Waals surface area contributed by atoms with Gasteiger partial charge in [-0.2, -0.15) is 8.42 Å². The molecule has 0 rings (SSSR count). The molecule has 62 valence electrons. The Hall–Kier alpha value is 0.380. The van der Waals surface area contributed by atoms with Crippen molar-refractivity contribution in [1.82, 2.24) is 0 Å². The molecule has 0 radical (unpaired) electrons. The molecule has 0 bridgehead atoms. The van der Waals surface area contributed by atoms with E-state index in [-0.39, 0.29) is 42.4 Å². The van der Waals surface area contributed by atoms with Gasteiger partial charge in [0.1, 0.15) is 0 Å². The SMILES string of the molecule is NC(=O)CCCS(=O)(=O)O.[NaH]. The summed E-state index contributed by atoms with van der Waals surface area (Å²) in [6.07, 6.45) is 0.0634. The van der Waals surface area contributed by atoms with Gasteiger partial charge >= 0.3 is 29.6 Å². The van der Waals surface area contributed by atoms with Gasteiger partial charge in [-0.1, -0.05) is 0 Å². The summed E-state index contributed by atoms with van der Waals surface area (Å²) in [6.45, 7) is 0. The molecule has 1 amide bonds. The van der Waals surface area contributed by atoms with E-state index < -0.39 is 21.8 Å². The van der Waals surface area contributed by atoms with Crippen molar-refractivity contribution in [2.75, 3.05) is 5.75 Å². The molecule has 5 nitrogen and oxygen atoms in total. The molecule has 0 aliphatic heterocycles. The van der Waals surface area contributed by atoms with E-state index in [0.29, 0.717) is 0 Å². The Morgan fingerprint density at radius 1 is 1.45 bits per heavy atom. The Bertz CT molecular complexity index is 212. The maximum absolute atomic E-state index is 10.0. The van der Waals surface area contributed by atoms with Gasteiger partial charge in [-0.05, 0) is 6.42 Å². The zero-order chi connectivity index (χ0) is 8.20. The molecule has 0 aliphatic rings. The Labute approximate surface area is 87.4 Å². The van der Waals surface area contributed by atoms with Crippen LogP contribution in [0, 0.1) is 0 Å². The van der Waals surface area contributed by atoms with Crippen molar-refractivity contribution in [3.8, 4) is 0 Å². The molecule has 0 aliphatic carbocycles. The molecular formula is C4H10NNaO4S. The Morgan fingerprint density at radius 3 is 2.18 bits per heavy atom. The number of carbonyl (C=O) groups excluding carboxylic acids is 1. The number of amides is 1. The van der Waals surface area contributed by atoms with Crippen LogP contribution in [0.1, 0.15) is 12.8 Å². The van der Waals surface area contributed by atoms with Gasteiger partial charge in [-0.15, -0.1) is 0 Å². The fraction of sp³-hybridized carbons (Fsp3) is 0.750. The molecule has 0 saturated carbocycles. The van der Waals surface area contributed by atoms with Crippen LogP contribution < -0.4 is 5.73 Å². The monoisotopic (exact) mass is 191 g/mol. The van der Waals surface area contributed by atoms with Crippen LogP contribution in [-0.2, 0) is 14.9 Å². The van der Waals surface area contributed by atoms with Gasteiger partial charge in [0.15, 0.2) is 0 Å². The summed E-state index contributed by atoms with van der Waals surface area (Å²) in [4.78, 5) is 10.0. The van der Waals surface area contributed by atoms with E-state index in [9.17, 15) is 13.2 Å². The number of nitrogens with two attached hydrogens (primary N) is 1. The van der Waals surface area contributed by atoms with E-state index >= 15 is 0 Å². The van der Waals surface area contributed by atoms with Gasteiger partial charge in [0, 0.05) is 6.42 Å². The zero-order valence-electron chi connectivity index (χ0n) is 5.28. The minimum absolute atomic E-state index is 0. The first-order valence-corrected chi connectivity index (χ1v) is 4.26.